The molecule has 0 fully saturated rings. The summed E-state index contributed by atoms with van der Waals surface area (Å²) in [6.45, 7) is 0. The fourth-order valence-corrected chi connectivity index (χ4v) is 4.13. The molecule has 6 nitrogen and oxygen atoms in total. The maximum atomic E-state index is 11.4. The molecule has 2 aliphatic rings. The van der Waals surface area contributed by atoms with Crippen molar-refractivity contribution in [3.05, 3.63) is 46.2 Å². The highest BCUT2D eigenvalue weighted by molar-refractivity contribution is 9.93. The summed E-state index contributed by atoms with van der Waals surface area (Å²) >= 11 is 21.9. The molecule has 0 radical (unpaired) electrons. The highest BCUT2D eigenvalue weighted by Gasteiger charge is 2.44. The number of alkyl halides is 4. The summed E-state index contributed by atoms with van der Waals surface area (Å²) in [5.41, 5.74) is 1.60. The summed E-state index contributed by atoms with van der Waals surface area (Å²) in [4.78, 5) is 30.8. The van der Waals surface area contributed by atoms with Crippen LogP contribution in [0, 0.1) is 0 Å². The van der Waals surface area contributed by atoms with Gasteiger partial charge in [-0.1, -0.05) is 69.8 Å². The Balaban J connectivity index is 0.000000178. The van der Waals surface area contributed by atoms with E-state index in [0.717, 1.165) is 15.6 Å². The van der Waals surface area contributed by atoms with Gasteiger partial charge in [0.25, 0.3) is 11.8 Å². The molecule has 0 spiro atoms. The van der Waals surface area contributed by atoms with Crippen LogP contribution in [0.2, 0.25) is 0 Å². The van der Waals surface area contributed by atoms with Gasteiger partial charge < -0.3 is 10.6 Å². The first-order valence-corrected chi connectivity index (χ1v) is 14.5. The largest absolute Gasteiger partial charge is 0.308 e. The Hall–Kier alpha value is 0.600. The predicted molar refractivity (Wildman–Crippen MR) is 130 cm³/mol. The lowest BCUT2D eigenvalue weighted by Crippen LogP contribution is -2.20. The summed E-state index contributed by atoms with van der Waals surface area (Å²) in [6.07, 6.45) is 3.28. The Bertz CT molecular complexity index is 892. The van der Waals surface area contributed by atoms with Crippen LogP contribution in [0.4, 0.5) is 11.6 Å². The topological polar surface area (TPSA) is 84.0 Å². The van der Waals surface area contributed by atoms with E-state index in [0.29, 0.717) is 11.6 Å². The molecule has 0 aliphatic carbocycles. The van der Waals surface area contributed by atoms with E-state index in [9.17, 15) is 9.59 Å². The molecule has 0 unspecified atom stereocenters. The van der Waals surface area contributed by atoms with Gasteiger partial charge in [0.15, 0.2) is 6.47 Å². The second-order valence-electron chi connectivity index (χ2n) is 5.01. The van der Waals surface area contributed by atoms with Crippen molar-refractivity contribution in [1.29, 1.82) is 0 Å². The molecule has 4 heterocycles. The third kappa shape index (κ3) is 5.02. The highest BCUT2D eigenvalue weighted by Crippen LogP contribution is 2.47. The number of hydrogen-bond donors (Lipinski definition) is 2. The van der Waals surface area contributed by atoms with Crippen LogP contribution in [0.15, 0.2) is 35.1 Å². The maximum Gasteiger partial charge on any atom is 0.258 e. The number of halogens is 7. The van der Waals surface area contributed by atoms with E-state index < -0.39 is 6.47 Å². The quantitative estimate of drug-likeness (QED) is 0.302. The Kier molecular flexibility index (Phi) is 8.49. The van der Waals surface area contributed by atoms with Crippen molar-refractivity contribution >= 4 is 131 Å². The van der Waals surface area contributed by atoms with Crippen molar-refractivity contribution in [3.63, 3.8) is 0 Å². The van der Waals surface area contributed by atoms with Gasteiger partial charge >= 0.3 is 0 Å². The molecule has 2 aliphatic heterocycles. The summed E-state index contributed by atoms with van der Waals surface area (Å²) in [5, 5.41) is 5.29. The van der Waals surface area contributed by atoms with Crippen molar-refractivity contribution in [3.8, 4) is 0 Å². The molecule has 0 saturated heterocycles. The Morgan fingerprint density at radius 3 is 1.93 bits per heavy atom. The van der Waals surface area contributed by atoms with Crippen molar-refractivity contribution in [1.82, 2.24) is 9.97 Å². The first kappa shape index (κ1) is 23.9. The number of pyridine rings is 2. The molecule has 27 heavy (non-hydrogen) atoms. The maximum absolute atomic E-state index is 11.4. The van der Waals surface area contributed by atoms with Gasteiger partial charge in [0.1, 0.15) is 11.6 Å². The number of aromatic nitrogens is 2. The van der Waals surface area contributed by atoms with Gasteiger partial charge in [-0.3, -0.25) is 9.59 Å². The molecule has 0 bridgehead atoms. The zero-order chi connectivity index (χ0) is 20.4. The van der Waals surface area contributed by atoms with E-state index >= 15 is 0 Å². The molecule has 144 valence electrons. The molecule has 0 atom stereocenters. The van der Waals surface area contributed by atoms with Crippen molar-refractivity contribution in [2.45, 2.75) is 6.47 Å². The first-order valence-electron chi connectivity index (χ1n) is 6.78. The Labute approximate surface area is 211 Å². The third-order valence-electron chi connectivity index (χ3n) is 3.37. The predicted octanol–water partition coefficient (Wildman–Crippen LogP) is 6.41. The minimum atomic E-state index is -0.841. The lowest BCUT2D eigenvalue weighted by molar-refractivity contribution is -0.116. The van der Waals surface area contributed by atoms with Crippen LogP contribution < -0.4 is 10.6 Å². The number of carbonyl (C=O) groups is 2. The highest BCUT2D eigenvalue weighted by atomic mass is 80.9. The number of rotatable bonds is 0. The molecule has 0 saturated carbocycles. The van der Waals surface area contributed by atoms with Crippen LogP contribution in [0.25, 0.3) is 0 Å². The van der Waals surface area contributed by atoms with Gasteiger partial charge in [0, 0.05) is 56.2 Å². The lowest BCUT2D eigenvalue weighted by atomic mass is 10.2. The van der Waals surface area contributed by atoms with Crippen LogP contribution in [0.1, 0.15) is 11.1 Å². The molecule has 13 heteroatoms. The fourth-order valence-electron chi connectivity index (χ4n) is 2.15. The number of amides is 2. The minimum absolute atomic E-state index is 0.142. The van der Waals surface area contributed by atoms with Crippen LogP contribution >= 0.6 is 108 Å². The first-order chi connectivity index (χ1) is 12.6. The molecule has 2 amide bonds. The fraction of sp³-hybridized carbons (Fsp3) is 0.143. The summed E-state index contributed by atoms with van der Waals surface area (Å²) in [7, 11) is 0. The molecule has 2 N–H and O–H groups in total. The molecule has 2 aromatic heterocycles. The van der Waals surface area contributed by atoms with Crippen LogP contribution in [-0.2, 0) is 16.1 Å². The normalized spacial score (nSPS) is 17.3. The van der Waals surface area contributed by atoms with Gasteiger partial charge in [0.05, 0.1) is 0 Å². The smallest absolute Gasteiger partial charge is 0.258 e. The van der Waals surface area contributed by atoms with Gasteiger partial charge in [-0.25, -0.2) is 9.97 Å². The minimum Gasteiger partial charge on any atom is -0.308 e. The number of nitrogens with one attached hydrogen (secondary N) is 2. The Morgan fingerprint density at radius 2 is 1.37 bits per heavy atom. The van der Waals surface area contributed by atoms with Gasteiger partial charge in [-0.05, 0) is 28.1 Å². The van der Waals surface area contributed by atoms with E-state index in [4.69, 9.17) is 0 Å². The van der Waals surface area contributed by atoms with E-state index in [-0.39, 0.29) is 11.8 Å². The zero-order valence-corrected chi connectivity index (χ0v) is 23.8. The molecule has 0 aromatic carbocycles. The van der Waals surface area contributed by atoms with E-state index in [1.54, 1.807) is 18.5 Å². The summed E-state index contributed by atoms with van der Waals surface area (Å²) < 4.78 is -0.804. The second kappa shape index (κ2) is 9.61. The molecule has 2 aromatic rings. The Morgan fingerprint density at radius 1 is 0.852 bits per heavy atom. The van der Waals surface area contributed by atoms with E-state index in [2.05, 4.69) is 129 Å². The standard InChI is InChI=1S/C7H3Br3N2O.C7H4Br2N2O.Br2/c8-3-1-4-5(11-2-3)12-6(13)7(4,9)10;8-7(9)4-2-1-3-10-5(4)11-6(7)12;1-2/h1-2H,(H,11,12,13);1-3H,(H,10,11,12);. The van der Waals surface area contributed by atoms with Crippen molar-refractivity contribution < 1.29 is 9.59 Å². The van der Waals surface area contributed by atoms with Gasteiger partial charge in [-0.2, -0.15) is 0 Å². The monoisotopic (exact) mass is 815 g/mol. The number of hydrogen-bond acceptors (Lipinski definition) is 4. The third-order valence-corrected chi connectivity index (χ3v) is 6.96. The van der Waals surface area contributed by atoms with Crippen molar-refractivity contribution in [2.24, 2.45) is 0 Å². The van der Waals surface area contributed by atoms with Crippen LogP contribution in [0.3, 0.4) is 0 Å². The van der Waals surface area contributed by atoms with Crippen LogP contribution in [-0.4, -0.2) is 21.8 Å². The average Bonchev–Trinajstić information content (AvgIpc) is 3.01. The summed E-state index contributed by atoms with van der Waals surface area (Å²) in [6, 6.07) is 5.46. The average molecular weight is 823 g/mol. The molecular formula is C14H7Br7N4O2. The zero-order valence-electron chi connectivity index (χ0n) is 12.7. The van der Waals surface area contributed by atoms with E-state index in [1.165, 1.54) is 0 Å². The number of nitrogens with zero attached hydrogens (tertiary/aromatic N) is 2. The van der Waals surface area contributed by atoms with Gasteiger partial charge in [-0.15, -0.1) is 0 Å². The number of anilines is 2. The molecule has 4 rings (SSSR count). The van der Waals surface area contributed by atoms with Crippen molar-refractivity contribution in [2.75, 3.05) is 10.6 Å². The lowest BCUT2D eigenvalue weighted by Gasteiger charge is -2.09. The summed E-state index contributed by atoms with van der Waals surface area (Å²) in [5.74, 6) is 0.891. The number of carbonyl (C=O) groups excluding carboxylic acids is 2. The van der Waals surface area contributed by atoms with Gasteiger partial charge in [0.2, 0.25) is 0 Å². The second-order valence-corrected chi connectivity index (χ2v) is 12.8. The van der Waals surface area contributed by atoms with E-state index in [1.807, 2.05) is 12.1 Å². The van der Waals surface area contributed by atoms with Crippen LogP contribution in [0.5, 0.6) is 0 Å². The number of fused-ring (bicyclic) bond motifs is 2. The molecular weight excluding hydrogens is 816 g/mol. The SMILES string of the molecule is BrBr.O=C1Nc2ncc(Br)cc2C1(Br)Br.O=C1Nc2ncccc2C1(Br)Br.